The smallest absolute Gasteiger partial charge is 0.0552 e. The zero-order valence-electron chi connectivity index (χ0n) is 6.14. The largest absolute Gasteiger partial charge is 0.103 e. The topological polar surface area (TPSA) is 0 Å². The molecule has 0 aliphatic carbocycles. The molecular weight excluding hydrogens is 106 g/mol. The molecule has 0 aliphatic rings. The van der Waals surface area contributed by atoms with E-state index in [4.69, 9.17) is 7.74 Å². The lowest BCUT2D eigenvalue weighted by molar-refractivity contribution is 0.634. The highest BCUT2D eigenvalue weighted by atomic mass is 14.0. The van der Waals surface area contributed by atoms with Crippen LogP contribution in [-0.4, -0.2) is 14.9 Å². The van der Waals surface area contributed by atoms with Gasteiger partial charge in [-0.05, 0) is 12.3 Å². The SMILES string of the molecule is [B][B]CC(C=C)CCC. The van der Waals surface area contributed by atoms with Gasteiger partial charge in [0, 0.05) is 7.74 Å². The fourth-order valence-electron chi connectivity index (χ4n) is 0.878. The lowest BCUT2D eigenvalue weighted by Gasteiger charge is -2.07. The Morgan fingerprint density at radius 1 is 1.78 bits per heavy atom. The summed E-state index contributed by atoms with van der Waals surface area (Å²) in [5.74, 6) is 0.597. The van der Waals surface area contributed by atoms with E-state index in [0.717, 1.165) is 6.32 Å². The van der Waals surface area contributed by atoms with Gasteiger partial charge in [-0.3, -0.25) is 0 Å². The predicted molar refractivity (Wildman–Crippen MR) is 44.9 cm³/mol. The lowest BCUT2D eigenvalue weighted by atomic mass is 9.51. The van der Waals surface area contributed by atoms with Gasteiger partial charge in [0.2, 0.25) is 0 Å². The van der Waals surface area contributed by atoms with Crippen molar-refractivity contribution in [3.63, 3.8) is 0 Å². The number of rotatable bonds is 5. The van der Waals surface area contributed by atoms with Gasteiger partial charge >= 0.3 is 0 Å². The first-order valence-corrected chi connectivity index (χ1v) is 3.51. The third-order valence-corrected chi connectivity index (χ3v) is 1.43. The summed E-state index contributed by atoms with van der Waals surface area (Å²) in [5.41, 5.74) is 0. The summed E-state index contributed by atoms with van der Waals surface area (Å²) in [6.07, 6.45) is 5.37. The van der Waals surface area contributed by atoms with Gasteiger partial charge in [0.1, 0.15) is 0 Å². The van der Waals surface area contributed by atoms with Crippen molar-refractivity contribution in [3.8, 4) is 0 Å². The van der Waals surface area contributed by atoms with Crippen molar-refractivity contribution in [1.29, 1.82) is 0 Å². The molecule has 0 aromatic rings. The van der Waals surface area contributed by atoms with Gasteiger partial charge in [0.15, 0.2) is 0 Å². The van der Waals surface area contributed by atoms with E-state index in [1.807, 2.05) is 6.08 Å². The first-order valence-electron chi connectivity index (χ1n) is 3.51. The summed E-state index contributed by atoms with van der Waals surface area (Å²) in [4.78, 5) is 0. The van der Waals surface area contributed by atoms with Crippen LogP contribution in [0.15, 0.2) is 12.7 Å². The average Bonchev–Trinajstić information content (AvgIpc) is 1.88. The fourth-order valence-corrected chi connectivity index (χ4v) is 0.878. The monoisotopic (exact) mass is 119 g/mol. The van der Waals surface area contributed by atoms with Crippen LogP contribution in [0.2, 0.25) is 6.32 Å². The van der Waals surface area contributed by atoms with E-state index < -0.39 is 0 Å². The summed E-state index contributed by atoms with van der Waals surface area (Å²) in [7, 11) is 6.97. The molecule has 1 atom stereocenters. The minimum atomic E-state index is 0.597. The lowest BCUT2D eigenvalue weighted by Crippen LogP contribution is -2.00. The Bertz CT molecular complexity index is 65.3. The summed E-state index contributed by atoms with van der Waals surface area (Å²) < 4.78 is 0. The van der Waals surface area contributed by atoms with Crippen molar-refractivity contribution in [2.75, 3.05) is 0 Å². The highest BCUT2D eigenvalue weighted by Gasteiger charge is 1.98. The first-order chi connectivity index (χ1) is 4.35. The molecule has 0 aromatic heterocycles. The number of allylic oxidation sites excluding steroid dienone is 1. The molecule has 0 fully saturated rings. The summed E-state index contributed by atoms with van der Waals surface area (Å²) in [6.45, 7) is 5.90. The van der Waals surface area contributed by atoms with E-state index in [2.05, 4.69) is 13.5 Å². The highest BCUT2D eigenvalue weighted by molar-refractivity contribution is 6.89. The molecule has 0 N–H and O–H groups in total. The molecule has 9 heavy (non-hydrogen) atoms. The zero-order valence-corrected chi connectivity index (χ0v) is 6.14. The second-order valence-electron chi connectivity index (χ2n) is 2.26. The molecule has 0 heterocycles. The molecule has 0 amide bonds. The molecule has 3 radical (unpaired) electrons. The number of hydrogen-bond acceptors (Lipinski definition) is 0. The Labute approximate surface area is 60.4 Å². The van der Waals surface area contributed by atoms with Crippen LogP contribution in [0.5, 0.6) is 0 Å². The molecule has 2 heteroatoms. The van der Waals surface area contributed by atoms with Crippen LogP contribution in [0.1, 0.15) is 19.8 Å². The van der Waals surface area contributed by atoms with Crippen molar-refractivity contribution in [3.05, 3.63) is 12.7 Å². The molecule has 0 bridgehead atoms. The van der Waals surface area contributed by atoms with E-state index in [0.29, 0.717) is 5.92 Å². The van der Waals surface area contributed by atoms with Gasteiger partial charge in [0.05, 0.1) is 7.17 Å². The summed E-state index contributed by atoms with van der Waals surface area (Å²) >= 11 is 0. The predicted octanol–water partition coefficient (Wildman–Crippen LogP) is 1.79. The molecule has 0 saturated heterocycles. The Morgan fingerprint density at radius 2 is 2.44 bits per heavy atom. The van der Waals surface area contributed by atoms with Crippen molar-refractivity contribution >= 4 is 14.9 Å². The van der Waals surface area contributed by atoms with Crippen LogP contribution < -0.4 is 0 Å². The van der Waals surface area contributed by atoms with Crippen molar-refractivity contribution in [1.82, 2.24) is 0 Å². The zero-order chi connectivity index (χ0) is 7.11. The number of hydrogen-bond donors (Lipinski definition) is 0. The van der Waals surface area contributed by atoms with Crippen LogP contribution in [0.3, 0.4) is 0 Å². The molecular formula is C7H13B2. The van der Waals surface area contributed by atoms with Crippen LogP contribution in [0.25, 0.3) is 0 Å². The molecule has 0 saturated carbocycles. The van der Waals surface area contributed by atoms with Gasteiger partial charge in [0.25, 0.3) is 0 Å². The maximum absolute atomic E-state index is 5.26. The van der Waals surface area contributed by atoms with Gasteiger partial charge in [-0.2, -0.15) is 0 Å². The molecule has 0 nitrogen and oxygen atoms in total. The molecule has 0 rings (SSSR count). The quantitative estimate of drug-likeness (QED) is 0.382. The van der Waals surface area contributed by atoms with E-state index in [1.165, 1.54) is 12.8 Å². The van der Waals surface area contributed by atoms with Crippen LogP contribution in [-0.2, 0) is 0 Å². The second kappa shape index (κ2) is 6.00. The van der Waals surface area contributed by atoms with E-state index in [-0.39, 0.29) is 0 Å². The maximum Gasteiger partial charge on any atom is 0.0552 e. The Balaban J connectivity index is 3.29. The second-order valence-corrected chi connectivity index (χ2v) is 2.26. The van der Waals surface area contributed by atoms with Crippen LogP contribution in [0, 0.1) is 5.92 Å². The summed E-state index contributed by atoms with van der Waals surface area (Å²) in [5, 5.41) is 0. The minimum Gasteiger partial charge on any atom is -0.103 e. The normalized spacial score (nSPS) is 12.6. The molecule has 0 aliphatic heterocycles. The Kier molecular flexibility index (Phi) is 5.91. The molecule has 0 aromatic carbocycles. The maximum atomic E-state index is 5.26. The first kappa shape index (κ1) is 8.87. The summed E-state index contributed by atoms with van der Waals surface area (Å²) in [6, 6.07) is 0. The van der Waals surface area contributed by atoms with Crippen molar-refractivity contribution in [2.45, 2.75) is 26.1 Å². The fraction of sp³-hybridized carbons (Fsp3) is 0.714. The van der Waals surface area contributed by atoms with Crippen LogP contribution in [0.4, 0.5) is 0 Å². The van der Waals surface area contributed by atoms with Crippen molar-refractivity contribution in [2.24, 2.45) is 5.92 Å². The Morgan fingerprint density at radius 3 is 2.78 bits per heavy atom. The molecule has 0 spiro atoms. The van der Waals surface area contributed by atoms with Gasteiger partial charge in [-0.1, -0.05) is 25.7 Å². The Hall–Kier alpha value is -0.130. The van der Waals surface area contributed by atoms with Crippen molar-refractivity contribution < 1.29 is 0 Å². The minimum absolute atomic E-state index is 0.597. The third kappa shape index (κ3) is 4.38. The van der Waals surface area contributed by atoms with Gasteiger partial charge in [-0.15, -0.1) is 6.58 Å². The third-order valence-electron chi connectivity index (χ3n) is 1.43. The van der Waals surface area contributed by atoms with Gasteiger partial charge in [-0.25, -0.2) is 0 Å². The van der Waals surface area contributed by atoms with E-state index >= 15 is 0 Å². The van der Waals surface area contributed by atoms with Crippen LogP contribution >= 0.6 is 0 Å². The van der Waals surface area contributed by atoms with E-state index in [1.54, 1.807) is 7.17 Å². The molecule has 1 unspecified atom stereocenters. The van der Waals surface area contributed by atoms with Gasteiger partial charge < -0.3 is 0 Å². The molecule has 47 valence electrons. The van der Waals surface area contributed by atoms with E-state index in [9.17, 15) is 0 Å². The average molecular weight is 119 g/mol. The standard InChI is InChI=1S/C7H13B2/c1-3-5-7(4-2)6-9-8/h4,7H,2-3,5-6H2,1H3. The highest BCUT2D eigenvalue weighted by Crippen LogP contribution is 2.10.